The van der Waals surface area contributed by atoms with Crippen molar-refractivity contribution in [2.45, 2.75) is 58.9 Å². The molecule has 1 atom stereocenters. The fourth-order valence-corrected chi connectivity index (χ4v) is 1.50. The molecule has 4 nitrogen and oxygen atoms in total. The molecule has 92 valence electrons. The molecule has 1 N–H and O–H groups in total. The maximum atomic E-state index is 5.27. The van der Waals surface area contributed by atoms with E-state index in [-0.39, 0.29) is 5.41 Å². The Morgan fingerprint density at radius 2 is 2.00 bits per heavy atom. The minimum Gasteiger partial charge on any atom is -0.339 e. The highest BCUT2D eigenvalue weighted by Gasteiger charge is 2.21. The van der Waals surface area contributed by atoms with E-state index in [2.05, 4.69) is 50.1 Å². The maximum Gasteiger partial charge on any atom is 0.228 e. The molecule has 1 rings (SSSR count). The van der Waals surface area contributed by atoms with Crippen molar-refractivity contribution in [2.24, 2.45) is 0 Å². The summed E-state index contributed by atoms with van der Waals surface area (Å²) in [5, 5.41) is 7.42. The number of nitrogens with zero attached hydrogens (tertiary/aromatic N) is 2. The molecule has 1 unspecified atom stereocenters. The highest BCUT2D eigenvalue weighted by Crippen LogP contribution is 2.18. The third-order valence-corrected chi connectivity index (χ3v) is 2.55. The average molecular weight is 225 g/mol. The van der Waals surface area contributed by atoms with Crippen LogP contribution in [-0.2, 0) is 11.8 Å². The van der Waals surface area contributed by atoms with Gasteiger partial charge in [-0.3, -0.25) is 0 Å². The second-order valence-electron chi connectivity index (χ2n) is 5.13. The number of rotatable bonds is 5. The van der Waals surface area contributed by atoms with Crippen LogP contribution in [0.1, 0.15) is 52.8 Å². The molecule has 16 heavy (non-hydrogen) atoms. The molecule has 0 spiro atoms. The highest BCUT2D eigenvalue weighted by atomic mass is 16.5. The van der Waals surface area contributed by atoms with Crippen LogP contribution >= 0.6 is 0 Å². The molecule has 0 bridgehead atoms. The van der Waals surface area contributed by atoms with Crippen LogP contribution in [0.2, 0.25) is 0 Å². The predicted molar refractivity (Wildman–Crippen MR) is 64.5 cm³/mol. The van der Waals surface area contributed by atoms with Crippen molar-refractivity contribution in [3.05, 3.63) is 11.7 Å². The van der Waals surface area contributed by atoms with Crippen molar-refractivity contribution >= 4 is 0 Å². The van der Waals surface area contributed by atoms with Crippen molar-refractivity contribution in [1.82, 2.24) is 15.5 Å². The smallest absolute Gasteiger partial charge is 0.228 e. The number of hydrogen-bond donors (Lipinski definition) is 1. The van der Waals surface area contributed by atoms with Crippen LogP contribution in [-0.4, -0.2) is 22.7 Å². The zero-order chi connectivity index (χ0) is 12.2. The molecule has 0 saturated carbocycles. The lowest BCUT2D eigenvalue weighted by atomic mass is 9.96. The second kappa shape index (κ2) is 5.43. The van der Waals surface area contributed by atoms with Crippen LogP contribution < -0.4 is 5.32 Å². The number of likely N-dealkylation sites (N-methyl/N-ethyl adjacent to an activating group) is 1. The highest BCUT2D eigenvalue weighted by molar-refractivity contribution is 5.00. The van der Waals surface area contributed by atoms with E-state index in [1.165, 1.54) is 0 Å². The summed E-state index contributed by atoms with van der Waals surface area (Å²) < 4.78 is 5.27. The van der Waals surface area contributed by atoms with Gasteiger partial charge in [0.05, 0.1) is 0 Å². The van der Waals surface area contributed by atoms with E-state index in [0.717, 1.165) is 31.1 Å². The lowest BCUT2D eigenvalue weighted by Gasteiger charge is -2.13. The minimum absolute atomic E-state index is 0.0400. The Balaban J connectivity index is 2.64. The summed E-state index contributed by atoms with van der Waals surface area (Å²) >= 11 is 0. The Kier molecular flexibility index (Phi) is 4.47. The third kappa shape index (κ3) is 3.59. The number of hydrogen-bond acceptors (Lipinski definition) is 4. The SMILES string of the molecule is CCNC(CC)Cc1nc(C(C)(C)C)no1. The van der Waals surface area contributed by atoms with Gasteiger partial charge in [0, 0.05) is 17.9 Å². The standard InChI is InChI=1S/C12H23N3O/c1-6-9(13-7-2)8-10-14-11(15-16-10)12(3,4)5/h9,13H,6-8H2,1-5H3. The summed E-state index contributed by atoms with van der Waals surface area (Å²) in [7, 11) is 0. The van der Waals surface area contributed by atoms with Gasteiger partial charge in [-0.2, -0.15) is 4.98 Å². The zero-order valence-electron chi connectivity index (χ0n) is 11.0. The van der Waals surface area contributed by atoms with E-state index in [9.17, 15) is 0 Å². The van der Waals surface area contributed by atoms with E-state index < -0.39 is 0 Å². The molecule has 0 saturated heterocycles. The molecule has 0 aliphatic heterocycles. The van der Waals surface area contributed by atoms with Crippen LogP contribution in [0.25, 0.3) is 0 Å². The quantitative estimate of drug-likeness (QED) is 0.835. The number of nitrogens with one attached hydrogen (secondary N) is 1. The van der Waals surface area contributed by atoms with E-state index in [1.807, 2.05) is 0 Å². The van der Waals surface area contributed by atoms with Gasteiger partial charge in [-0.15, -0.1) is 0 Å². The van der Waals surface area contributed by atoms with E-state index in [1.54, 1.807) is 0 Å². The average Bonchev–Trinajstić information content (AvgIpc) is 2.65. The molecular weight excluding hydrogens is 202 g/mol. The summed E-state index contributed by atoms with van der Waals surface area (Å²) in [6.07, 6.45) is 1.88. The van der Waals surface area contributed by atoms with Gasteiger partial charge in [0.1, 0.15) is 0 Å². The summed E-state index contributed by atoms with van der Waals surface area (Å²) in [5.74, 6) is 1.52. The molecule has 1 heterocycles. The lowest BCUT2D eigenvalue weighted by molar-refractivity contribution is 0.345. The fourth-order valence-electron chi connectivity index (χ4n) is 1.50. The van der Waals surface area contributed by atoms with E-state index >= 15 is 0 Å². The van der Waals surface area contributed by atoms with Crippen LogP contribution in [0.4, 0.5) is 0 Å². The monoisotopic (exact) mass is 225 g/mol. The Labute approximate surface area is 97.8 Å². The van der Waals surface area contributed by atoms with Gasteiger partial charge < -0.3 is 9.84 Å². The molecule has 0 fully saturated rings. The van der Waals surface area contributed by atoms with Crippen LogP contribution in [0.3, 0.4) is 0 Å². The van der Waals surface area contributed by atoms with Gasteiger partial charge in [0.2, 0.25) is 5.89 Å². The van der Waals surface area contributed by atoms with Gasteiger partial charge in [0.15, 0.2) is 5.82 Å². The van der Waals surface area contributed by atoms with Crippen LogP contribution in [0, 0.1) is 0 Å². The molecule has 1 aromatic heterocycles. The molecule has 0 amide bonds. The van der Waals surface area contributed by atoms with E-state index in [0.29, 0.717) is 6.04 Å². The molecule has 0 aliphatic carbocycles. The van der Waals surface area contributed by atoms with Gasteiger partial charge in [0.25, 0.3) is 0 Å². The van der Waals surface area contributed by atoms with Gasteiger partial charge >= 0.3 is 0 Å². The first-order valence-electron chi connectivity index (χ1n) is 6.03. The first kappa shape index (κ1) is 13.2. The first-order valence-corrected chi connectivity index (χ1v) is 6.03. The van der Waals surface area contributed by atoms with Crippen LogP contribution in [0.15, 0.2) is 4.52 Å². The van der Waals surface area contributed by atoms with Gasteiger partial charge in [-0.1, -0.05) is 39.8 Å². The molecular formula is C12H23N3O. The lowest BCUT2D eigenvalue weighted by Crippen LogP contribution is -2.30. The van der Waals surface area contributed by atoms with Crippen LogP contribution in [0.5, 0.6) is 0 Å². The molecule has 1 aromatic rings. The Morgan fingerprint density at radius 3 is 2.44 bits per heavy atom. The van der Waals surface area contributed by atoms with Crippen molar-refractivity contribution in [3.8, 4) is 0 Å². The largest absolute Gasteiger partial charge is 0.339 e. The summed E-state index contributed by atoms with van der Waals surface area (Å²) in [4.78, 5) is 4.43. The Bertz CT molecular complexity index is 314. The van der Waals surface area contributed by atoms with Crippen molar-refractivity contribution in [2.75, 3.05) is 6.54 Å². The van der Waals surface area contributed by atoms with E-state index in [4.69, 9.17) is 4.52 Å². The Morgan fingerprint density at radius 1 is 1.31 bits per heavy atom. The van der Waals surface area contributed by atoms with Crippen molar-refractivity contribution in [3.63, 3.8) is 0 Å². The third-order valence-electron chi connectivity index (χ3n) is 2.55. The van der Waals surface area contributed by atoms with Crippen molar-refractivity contribution < 1.29 is 4.52 Å². The summed E-state index contributed by atoms with van der Waals surface area (Å²) in [6.45, 7) is 11.5. The molecule has 0 radical (unpaired) electrons. The molecule has 0 aliphatic rings. The predicted octanol–water partition coefficient (Wildman–Crippen LogP) is 2.30. The number of aromatic nitrogens is 2. The maximum absolute atomic E-state index is 5.27. The van der Waals surface area contributed by atoms with Crippen molar-refractivity contribution in [1.29, 1.82) is 0 Å². The Hall–Kier alpha value is -0.900. The summed E-state index contributed by atoms with van der Waals surface area (Å²) in [5.41, 5.74) is -0.0400. The first-order chi connectivity index (χ1) is 7.47. The minimum atomic E-state index is -0.0400. The molecule has 0 aromatic carbocycles. The normalized spacial score (nSPS) is 14.1. The molecule has 4 heteroatoms. The summed E-state index contributed by atoms with van der Waals surface area (Å²) in [6, 6.07) is 0.429. The van der Waals surface area contributed by atoms with Gasteiger partial charge in [-0.05, 0) is 13.0 Å². The topological polar surface area (TPSA) is 51.0 Å². The van der Waals surface area contributed by atoms with Gasteiger partial charge in [-0.25, -0.2) is 0 Å². The zero-order valence-corrected chi connectivity index (χ0v) is 11.0. The fraction of sp³-hybridized carbons (Fsp3) is 0.833. The second-order valence-corrected chi connectivity index (χ2v) is 5.13.